The molecule has 2 fully saturated rings. The molecule has 3 aliphatic rings. The number of carbonyl (C=O) groups is 1. The Kier molecular flexibility index (Phi) is 6.86. The molecule has 0 saturated carbocycles. The number of ether oxygens (including phenoxy) is 2. The number of hydrogen-bond donors (Lipinski definition) is 1. The molecule has 5 rings (SSSR count). The first kappa shape index (κ1) is 24.2. The third-order valence-corrected chi connectivity index (χ3v) is 6.81. The van der Waals surface area contributed by atoms with Gasteiger partial charge in [0.1, 0.15) is 0 Å². The SMILES string of the molecule is O=C(N/N=C/c1ccc(Cl)cc1)C1=NO[C@H]2COC3(CCN(c4ccc([N+](=O)[O-])cc4)CC3)OC[C@@H]12. The summed E-state index contributed by atoms with van der Waals surface area (Å²) in [6.07, 6.45) is 2.31. The van der Waals surface area contributed by atoms with Crippen LogP contribution in [-0.4, -0.2) is 61.0 Å². The number of non-ortho nitro benzene ring substituents is 1. The number of anilines is 1. The molecule has 0 bridgehead atoms. The Hall–Kier alpha value is -3.54. The van der Waals surface area contributed by atoms with E-state index in [4.69, 9.17) is 25.9 Å². The smallest absolute Gasteiger partial charge is 0.289 e. The maximum atomic E-state index is 12.7. The van der Waals surface area contributed by atoms with E-state index in [0.717, 1.165) is 11.3 Å². The van der Waals surface area contributed by atoms with E-state index in [1.807, 2.05) is 0 Å². The molecule has 3 aliphatic heterocycles. The molecule has 2 atom stereocenters. The molecule has 0 radical (unpaired) electrons. The van der Waals surface area contributed by atoms with Crippen LogP contribution in [0, 0.1) is 16.0 Å². The number of piperidine rings is 1. The average molecular weight is 514 g/mol. The molecular weight excluding hydrogens is 490 g/mol. The van der Waals surface area contributed by atoms with Crippen LogP contribution in [0.2, 0.25) is 5.02 Å². The molecule has 2 aromatic carbocycles. The lowest BCUT2D eigenvalue weighted by Gasteiger charge is -2.41. The van der Waals surface area contributed by atoms with E-state index in [1.54, 1.807) is 36.4 Å². The number of amides is 1. The second-order valence-corrected chi connectivity index (χ2v) is 9.21. The van der Waals surface area contributed by atoms with Crippen LogP contribution < -0.4 is 10.3 Å². The van der Waals surface area contributed by atoms with Crippen molar-refractivity contribution in [3.8, 4) is 0 Å². The summed E-state index contributed by atoms with van der Waals surface area (Å²) >= 11 is 5.88. The molecule has 1 N–H and O–H groups in total. The van der Waals surface area contributed by atoms with Gasteiger partial charge >= 0.3 is 0 Å². The van der Waals surface area contributed by atoms with Crippen molar-refractivity contribution < 1.29 is 24.0 Å². The second kappa shape index (κ2) is 10.2. The number of carbonyl (C=O) groups excluding carboxylic acids is 1. The van der Waals surface area contributed by atoms with Gasteiger partial charge in [0, 0.05) is 48.8 Å². The molecule has 36 heavy (non-hydrogen) atoms. The molecule has 12 heteroatoms. The van der Waals surface area contributed by atoms with E-state index in [0.29, 0.717) is 31.0 Å². The highest BCUT2D eigenvalue weighted by Crippen LogP contribution is 2.36. The van der Waals surface area contributed by atoms with Crippen LogP contribution in [-0.2, 0) is 19.1 Å². The highest BCUT2D eigenvalue weighted by atomic mass is 35.5. The van der Waals surface area contributed by atoms with Crippen molar-refractivity contribution in [3.05, 3.63) is 69.2 Å². The highest BCUT2D eigenvalue weighted by Gasteiger charge is 2.47. The number of hydrogen-bond acceptors (Lipinski definition) is 9. The van der Waals surface area contributed by atoms with Crippen molar-refractivity contribution in [1.82, 2.24) is 5.43 Å². The fourth-order valence-corrected chi connectivity index (χ4v) is 4.58. The van der Waals surface area contributed by atoms with Crippen LogP contribution in [0.1, 0.15) is 18.4 Å². The summed E-state index contributed by atoms with van der Waals surface area (Å²) in [7, 11) is 0. The lowest BCUT2D eigenvalue weighted by molar-refractivity contribution is -0.384. The Morgan fingerprint density at radius 2 is 1.83 bits per heavy atom. The van der Waals surface area contributed by atoms with Crippen LogP contribution >= 0.6 is 11.6 Å². The van der Waals surface area contributed by atoms with E-state index >= 15 is 0 Å². The van der Waals surface area contributed by atoms with Crippen molar-refractivity contribution in [2.75, 3.05) is 31.2 Å². The molecule has 0 aliphatic carbocycles. The van der Waals surface area contributed by atoms with Gasteiger partial charge in [0.25, 0.3) is 11.6 Å². The highest BCUT2D eigenvalue weighted by molar-refractivity contribution is 6.40. The first-order valence-corrected chi connectivity index (χ1v) is 11.9. The van der Waals surface area contributed by atoms with Crippen LogP contribution in [0.5, 0.6) is 0 Å². The minimum Gasteiger partial charge on any atom is -0.389 e. The predicted octanol–water partition coefficient (Wildman–Crippen LogP) is 3.11. The summed E-state index contributed by atoms with van der Waals surface area (Å²) in [4.78, 5) is 30.8. The Morgan fingerprint density at radius 1 is 1.14 bits per heavy atom. The summed E-state index contributed by atoms with van der Waals surface area (Å²) in [5, 5.41) is 19.5. The van der Waals surface area contributed by atoms with Crippen molar-refractivity contribution in [1.29, 1.82) is 0 Å². The van der Waals surface area contributed by atoms with Gasteiger partial charge in [-0.2, -0.15) is 5.10 Å². The van der Waals surface area contributed by atoms with Gasteiger partial charge in [-0.3, -0.25) is 14.9 Å². The minimum absolute atomic E-state index is 0.0615. The summed E-state index contributed by atoms with van der Waals surface area (Å²) in [6.45, 7) is 1.80. The topological polar surface area (TPSA) is 128 Å². The summed E-state index contributed by atoms with van der Waals surface area (Å²) in [5.41, 5.74) is 4.47. The average Bonchev–Trinajstić information content (AvgIpc) is 3.23. The number of nitrogens with one attached hydrogen (secondary N) is 1. The number of fused-ring (bicyclic) bond motifs is 1. The van der Waals surface area contributed by atoms with Gasteiger partial charge in [0.05, 0.1) is 30.3 Å². The number of nitrogens with zero attached hydrogens (tertiary/aromatic N) is 4. The van der Waals surface area contributed by atoms with Crippen LogP contribution in [0.4, 0.5) is 11.4 Å². The zero-order valence-corrected chi connectivity index (χ0v) is 20.0. The third-order valence-electron chi connectivity index (χ3n) is 6.56. The maximum absolute atomic E-state index is 12.7. The molecule has 1 amide bonds. The number of rotatable bonds is 5. The fourth-order valence-electron chi connectivity index (χ4n) is 4.45. The predicted molar refractivity (Wildman–Crippen MR) is 132 cm³/mol. The summed E-state index contributed by atoms with van der Waals surface area (Å²) in [5.74, 6) is -1.61. The number of hydrazone groups is 1. The largest absolute Gasteiger partial charge is 0.389 e. The number of oxime groups is 1. The van der Waals surface area contributed by atoms with E-state index in [2.05, 4.69) is 20.6 Å². The molecule has 11 nitrogen and oxygen atoms in total. The Labute approximate surface area is 211 Å². The number of nitro groups is 1. The lowest BCUT2D eigenvalue weighted by atomic mass is 9.98. The van der Waals surface area contributed by atoms with Gasteiger partial charge in [-0.25, -0.2) is 5.43 Å². The van der Waals surface area contributed by atoms with Crippen molar-refractivity contribution >= 4 is 40.8 Å². The van der Waals surface area contributed by atoms with Gasteiger partial charge in [-0.1, -0.05) is 28.9 Å². The first-order chi connectivity index (χ1) is 17.4. The standard InChI is InChI=1S/C24H24ClN5O6/c25-17-3-1-16(2-4-17)13-26-27-23(31)22-20-14-34-24(35-15-21(20)36-28-22)9-11-29(12-10-24)18-5-7-19(8-6-18)30(32)33/h1-8,13,20-21H,9-12,14-15H2,(H,27,31)/b26-13+/t20-,21+/m1/s1. The van der Waals surface area contributed by atoms with Gasteiger partial charge < -0.3 is 19.2 Å². The van der Waals surface area contributed by atoms with Crippen molar-refractivity contribution in [2.24, 2.45) is 16.2 Å². The minimum atomic E-state index is -0.778. The van der Waals surface area contributed by atoms with Gasteiger partial charge in [0.15, 0.2) is 17.6 Å². The van der Waals surface area contributed by atoms with Crippen molar-refractivity contribution in [2.45, 2.75) is 24.7 Å². The van der Waals surface area contributed by atoms with E-state index < -0.39 is 22.7 Å². The molecule has 2 saturated heterocycles. The molecule has 188 valence electrons. The zero-order chi connectivity index (χ0) is 25.1. The lowest BCUT2D eigenvalue weighted by Crippen LogP contribution is -2.48. The number of nitro benzene ring substituents is 1. The van der Waals surface area contributed by atoms with Crippen LogP contribution in [0.3, 0.4) is 0 Å². The normalized spacial score (nSPS) is 23.0. The summed E-state index contributed by atoms with van der Waals surface area (Å²) in [6, 6.07) is 13.5. The molecule has 0 unspecified atom stereocenters. The molecular formula is C24H24ClN5O6. The molecule has 2 aromatic rings. The fraction of sp³-hybridized carbons (Fsp3) is 0.375. The Balaban J connectivity index is 1.16. The van der Waals surface area contributed by atoms with Gasteiger partial charge in [-0.05, 0) is 29.8 Å². The third kappa shape index (κ3) is 5.18. The quantitative estimate of drug-likeness (QED) is 0.369. The Morgan fingerprint density at radius 3 is 2.53 bits per heavy atom. The maximum Gasteiger partial charge on any atom is 0.289 e. The Bertz CT molecular complexity index is 1180. The zero-order valence-electron chi connectivity index (χ0n) is 19.2. The molecule has 1 spiro atoms. The first-order valence-electron chi connectivity index (χ1n) is 11.5. The van der Waals surface area contributed by atoms with E-state index in [1.165, 1.54) is 18.3 Å². The van der Waals surface area contributed by atoms with Crippen molar-refractivity contribution in [3.63, 3.8) is 0 Å². The van der Waals surface area contributed by atoms with E-state index in [9.17, 15) is 14.9 Å². The van der Waals surface area contributed by atoms with E-state index in [-0.39, 0.29) is 30.5 Å². The van der Waals surface area contributed by atoms with Gasteiger partial charge in [-0.15, -0.1) is 0 Å². The number of benzene rings is 2. The van der Waals surface area contributed by atoms with Crippen LogP contribution in [0.25, 0.3) is 0 Å². The number of halogens is 1. The second-order valence-electron chi connectivity index (χ2n) is 8.77. The van der Waals surface area contributed by atoms with Gasteiger partial charge in [0.2, 0.25) is 0 Å². The molecule has 3 heterocycles. The monoisotopic (exact) mass is 513 g/mol. The molecule has 0 aromatic heterocycles. The summed E-state index contributed by atoms with van der Waals surface area (Å²) < 4.78 is 12.4. The van der Waals surface area contributed by atoms with Crippen LogP contribution in [0.15, 0.2) is 58.8 Å².